The molecule has 8 heteroatoms. The van der Waals surface area contributed by atoms with Crippen molar-refractivity contribution in [1.29, 1.82) is 0 Å². The quantitative estimate of drug-likeness (QED) is 0.499. The van der Waals surface area contributed by atoms with Crippen LogP contribution in [0.3, 0.4) is 0 Å². The molecule has 0 saturated carbocycles. The van der Waals surface area contributed by atoms with Gasteiger partial charge in [0.1, 0.15) is 11.8 Å². The smallest absolute Gasteiger partial charge is 0.258 e. The minimum absolute atomic E-state index is 0.236. The Morgan fingerprint density at radius 2 is 1.69 bits per heavy atom. The SMILES string of the molecule is COc1ccc(Cl)cc1C(=O)N1CCCC1C(=O)Nc1cccc(NC(=O)c2ccccc2)c1C. The summed E-state index contributed by atoms with van der Waals surface area (Å²) in [7, 11) is 1.49. The highest BCUT2D eigenvalue weighted by atomic mass is 35.5. The van der Waals surface area contributed by atoms with Gasteiger partial charge in [0, 0.05) is 28.5 Å². The zero-order valence-corrected chi connectivity index (χ0v) is 20.3. The van der Waals surface area contributed by atoms with Crippen molar-refractivity contribution in [3.05, 3.63) is 88.4 Å². The molecule has 0 spiro atoms. The molecule has 7 nitrogen and oxygen atoms in total. The molecular formula is C27H26ClN3O4. The van der Waals surface area contributed by atoms with E-state index in [1.165, 1.54) is 7.11 Å². The van der Waals surface area contributed by atoms with Crippen LogP contribution in [0.25, 0.3) is 0 Å². The van der Waals surface area contributed by atoms with E-state index < -0.39 is 6.04 Å². The molecule has 1 fully saturated rings. The van der Waals surface area contributed by atoms with Crippen LogP contribution in [-0.4, -0.2) is 42.3 Å². The molecular weight excluding hydrogens is 466 g/mol. The molecule has 2 N–H and O–H groups in total. The fraction of sp³-hybridized carbons (Fsp3) is 0.222. The number of ether oxygens (including phenoxy) is 1. The second-order valence-corrected chi connectivity index (χ2v) is 8.73. The molecule has 1 unspecified atom stereocenters. The lowest BCUT2D eigenvalue weighted by atomic mass is 10.1. The lowest BCUT2D eigenvalue weighted by molar-refractivity contribution is -0.119. The maximum atomic E-state index is 13.3. The summed E-state index contributed by atoms with van der Waals surface area (Å²) in [5.74, 6) is -0.419. The first kappa shape index (κ1) is 24.3. The molecule has 180 valence electrons. The van der Waals surface area contributed by atoms with Gasteiger partial charge in [-0.15, -0.1) is 0 Å². The van der Waals surface area contributed by atoms with Crippen molar-refractivity contribution in [1.82, 2.24) is 4.90 Å². The van der Waals surface area contributed by atoms with Gasteiger partial charge in [-0.05, 0) is 67.8 Å². The van der Waals surface area contributed by atoms with Gasteiger partial charge >= 0.3 is 0 Å². The third-order valence-electron chi connectivity index (χ3n) is 6.08. The lowest BCUT2D eigenvalue weighted by Crippen LogP contribution is -2.43. The molecule has 3 aromatic carbocycles. The third-order valence-corrected chi connectivity index (χ3v) is 6.32. The van der Waals surface area contributed by atoms with Crippen LogP contribution in [0.15, 0.2) is 66.7 Å². The minimum Gasteiger partial charge on any atom is -0.496 e. The summed E-state index contributed by atoms with van der Waals surface area (Å²) in [5, 5.41) is 6.25. The van der Waals surface area contributed by atoms with Crippen LogP contribution in [-0.2, 0) is 4.79 Å². The number of carbonyl (C=O) groups excluding carboxylic acids is 3. The average molecular weight is 492 g/mol. The number of amides is 3. The summed E-state index contributed by atoms with van der Waals surface area (Å²) >= 11 is 6.10. The van der Waals surface area contributed by atoms with Crippen molar-refractivity contribution in [2.45, 2.75) is 25.8 Å². The molecule has 4 rings (SSSR count). The van der Waals surface area contributed by atoms with Crippen LogP contribution in [0.4, 0.5) is 11.4 Å². The van der Waals surface area contributed by atoms with E-state index in [1.807, 2.05) is 13.0 Å². The van der Waals surface area contributed by atoms with Crippen LogP contribution in [0, 0.1) is 6.92 Å². The second kappa shape index (κ2) is 10.6. The number of hydrogen-bond acceptors (Lipinski definition) is 4. The van der Waals surface area contributed by atoms with E-state index >= 15 is 0 Å². The first-order chi connectivity index (χ1) is 16.9. The lowest BCUT2D eigenvalue weighted by Gasteiger charge is -2.25. The summed E-state index contributed by atoms with van der Waals surface area (Å²) in [6, 6.07) is 18.4. The first-order valence-electron chi connectivity index (χ1n) is 11.3. The van der Waals surface area contributed by atoms with Crippen molar-refractivity contribution in [3.63, 3.8) is 0 Å². The number of hydrogen-bond donors (Lipinski definition) is 2. The van der Waals surface area contributed by atoms with Gasteiger partial charge in [-0.1, -0.05) is 35.9 Å². The van der Waals surface area contributed by atoms with Gasteiger partial charge in [0.15, 0.2) is 0 Å². The normalized spacial score (nSPS) is 14.9. The van der Waals surface area contributed by atoms with E-state index in [9.17, 15) is 14.4 Å². The Balaban J connectivity index is 1.50. The standard InChI is InChI=1S/C27H26ClN3O4/c1-17-21(29-25(32)18-8-4-3-5-9-18)10-6-11-22(17)30-26(33)23-12-7-15-31(23)27(34)20-16-19(28)13-14-24(20)35-2/h3-6,8-11,13-14,16,23H,7,12,15H2,1-2H3,(H,29,32)(H,30,33). The second-order valence-electron chi connectivity index (χ2n) is 8.29. The highest BCUT2D eigenvalue weighted by molar-refractivity contribution is 6.31. The van der Waals surface area contributed by atoms with Crippen LogP contribution < -0.4 is 15.4 Å². The molecule has 0 radical (unpaired) electrons. The minimum atomic E-state index is -0.631. The molecule has 35 heavy (non-hydrogen) atoms. The number of rotatable bonds is 6. The molecule has 3 amide bonds. The Morgan fingerprint density at radius 1 is 0.971 bits per heavy atom. The largest absolute Gasteiger partial charge is 0.496 e. The van der Waals surface area contributed by atoms with Crippen LogP contribution in [0.5, 0.6) is 5.75 Å². The Bertz CT molecular complexity index is 1260. The summed E-state index contributed by atoms with van der Waals surface area (Å²) in [4.78, 5) is 40.7. The van der Waals surface area contributed by atoms with Crippen molar-refractivity contribution < 1.29 is 19.1 Å². The summed E-state index contributed by atoms with van der Waals surface area (Å²) in [5.41, 5.74) is 2.75. The van der Waals surface area contributed by atoms with Crippen LogP contribution in [0.1, 0.15) is 39.1 Å². The molecule has 0 aliphatic carbocycles. The van der Waals surface area contributed by atoms with E-state index in [1.54, 1.807) is 65.6 Å². The Labute approximate surface area is 209 Å². The van der Waals surface area contributed by atoms with Gasteiger partial charge in [0.2, 0.25) is 5.91 Å². The number of benzene rings is 3. The third kappa shape index (κ3) is 5.30. The van der Waals surface area contributed by atoms with Crippen LogP contribution in [0.2, 0.25) is 5.02 Å². The van der Waals surface area contributed by atoms with E-state index in [-0.39, 0.29) is 17.7 Å². The van der Waals surface area contributed by atoms with E-state index in [0.29, 0.717) is 52.7 Å². The van der Waals surface area contributed by atoms with Crippen molar-refractivity contribution in [3.8, 4) is 5.75 Å². The van der Waals surface area contributed by atoms with E-state index in [2.05, 4.69) is 10.6 Å². The maximum absolute atomic E-state index is 13.3. The van der Waals surface area contributed by atoms with Crippen molar-refractivity contribution >= 4 is 40.7 Å². The van der Waals surface area contributed by atoms with Crippen LogP contribution >= 0.6 is 11.6 Å². The molecule has 1 aliphatic rings. The Morgan fingerprint density at radius 3 is 2.40 bits per heavy atom. The Hall–Kier alpha value is -3.84. The van der Waals surface area contributed by atoms with Gasteiger partial charge < -0.3 is 20.3 Å². The molecule has 0 bridgehead atoms. The molecule has 1 atom stereocenters. The molecule has 0 aromatic heterocycles. The average Bonchev–Trinajstić information content (AvgIpc) is 3.36. The predicted octanol–water partition coefficient (Wildman–Crippen LogP) is 5.15. The number of nitrogens with zero attached hydrogens (tertiary/aromatic N) is 1. The number of anilines is 2. The topological polar surface area (TPSA) is 87.7 Å². The molecule has 1 heterocycles. The highest BCUT2D eigenvalue weighted by Gasteiger charge is 2.36. The van der Waals surface area contributed by atoms with Gasteiger partial charge in [-0.2, -0.15) is 0 Å². The molecule has 1 saturated heterocycles. The fourth-order valence-corrected chi connectivity index (χ4v) is 4.36. The van der Waals surface area contributed by atoms with Gasteiger partial charge in [-0.25, -0.2) is 0 Å². The van der Waals surface area contributed by atoms with Gasteiger partial charge in [-0.3, -0.25) is 14.4 Å². The summed E-state index contributed by atoms with van der Waals surface area (Å²) in [6.45, 7) is 2.28. The first-order valence-corrected chi connectivity index (χ1v) is 11.7. The highest BCUT2D eigenvalue weighted by Crippen LogP contribution is 2.29. The van der Waals surface area contributed by atoms with E-state index in [0.717, 1.165) is 5.56 Å². The fourth-order valence-electron chi connectivity index (χ4n) is 4.19. The molecule has 3 aromatic rings. The molecule has 1 aliphatic heterocycles. The number of likely N-dealkylation sites (tertiary alicyclic amines) is 1. The van der Waals surface area contributed by atoms with E-state index in [4.69, 9.17) is 16.3 Å². The van der Waals surface area contributed by atoms with Crippen molar-refractivity contribution in [2.75, 3.05) is 24.3 Å². The number of nitrogens with one attached hydrogen (secondary N) is 2. The zero-order chi connectivity index (χ0) is 24.9. The van der Waals surface area contributed by atoms with Crippen molar-refractivity contribution in [2.24, 2.45) is 0 Å². The van der Waals surface area contributed by atoms with Gasteiger partial charge in [0.25, 0.3) is 11.8 Å². The summed E-state index contributed by atoms with van der Waals surface area (Å²) in [6.07, 6.45) is 1.25. The zero-order valence-electron chi connectivity index (χ0n) is 19.5. The Kier molecular flexibility index (Phi) is 7.36. The predicted molar refractivity (Wildman–Crippen MR) is 136 cm³/mol. The summed E-state index contributed by atoms with van der Waals surface area (Å²) < 4.78 is 5.32. The maximum Gasteiger partial charge on any atom is 0.258 e. The van der Waals surface area contributed by atoms with Gasteiger partial charge in [0.05, 0.1) is 12.7 Å². The number of methoxy groups -OCH3 is 1. The number of carbonyl (C=O) groups is 3. The monoisotopic (exact) mass is 491 g/mol. The number of halogens is 1.